The average molecular weight is 415 g/mol. The SMILES string of the molecule is O=C(CSc1nnc(-c2cccs2)n1Cc1ccccc1)NCC1CCCO1. The number of ether oxygens (including phenoxy) is 1. The van der Waals surface area contributed by atoms with Crippen LogP contribution in [-0.2, 0) is 16.1 Å². The van der Waals surface area contributed by atoms with E-state index in [-0.39, 0.29) is 12.0 Å². The Labute approximate surface area is 172 Å². The molecule has 0 radical (unpaired) electrons. The van der Waals surface area contributed by atoms with Crippen molar-refractivity contribution in [2.24, 2.45) is 0 Å². The number of carbonyl (C=O) groups is 1. The highest BCUT2D eigenvalue weighted by Gasteiger charge is 2.18. The lowest BCUT2D eigenvalue weighted by atomic mass is 10.2. The van der Waals surface area contributed by atoms with Crippen molar-refractivity contribution >= 4 is 29.0 Å². The number of thiophene rings is 1. The minimum atomic E-state index is -0.00700. The second kappa shape index (κ2) is 9.36. The third-order valence-electron chi connectivity index (χ3n) is 4.53. The zero-order chi connectivity index (χ0) is 19.2. The molecule has 1 saturated heterocycles. The monoisotopic (exact) mass is 414 g/mol. The van der Waals surface area contributed by atoms with Crippen molar-refractivity contribution in [3.05, 3.63) is 53.4 Å². The highest BCUT2D eigenvalue weighted by atomic mass is 32.2. The highest BCUT2D eigenvalue weighted by Crippen LogP contribution is 2.28. The molecule has 1 amide bonds. The fourth-order valence-corrected chi connectivity index (χ4v) is 4.59. The number of rotatable bonds is 8. The maximum atomic E-state index is 12.2. The number of nitrogens with one attached hydrogen (secondary N) is 1. The van der Waals surface area contributed by atoms with E-state index >= 15 is 0 Å². The van der Waals surface area contributed by atoms with E-state index < -0.39 is 0 Å². The average Bonchev–Trinajstić information content (AvgIpc) is 3.47. The predicted molar refractivity (Wildman–Crippen MR) is 112 cm³/mol. The Bertz CT molecular complexity index is 890. The van der Waals surface area contributed by atoms with Crippen LogP contribution in [0, 0.1) is 0 Å². The third kappa shape index (κ3) is 4.81. The Hall–Kier alpha value is -2.16. The van der Waals surface area contributed by atoms with Crippen LogP contribution < -0.4 is 5.32 Å². The molecule has 1 unspecified atom stereocenters. The Morgan fingerprint density at radius 2 is 2.14 bits per heavy atom. The normalized spacial score (nSPS) is 16.4. The minimum absolute atomic E-state index is 0.00700. The van der Waals surface area contributed by atoms with Crippen molar-refractivity contribution in [2.45, 2.75) is 30.6 Å². The number of carbonyl (C=O) groups excluding carboxylic acids is 1. The summed E-state index contributed by atoms with van der Waals surface area (Å²) in [4.78, 5) is 13.3. The zero-order valence-electron chi connectivity index (χ0n) is 15.4. The van der Waals surface area contributed by atoms with E-state index in [2.05, 4.69) is 32.2 Å². The molecule has 3 heterocycles. The van der Waals surface area contributed by atoms with Crippen LogP contribution in [0.15, 0.2) is 53.0 Å². The molecule has 0 bridgehead atoms. The highest BCUT2D eigenvalue weighted by molar-refractivity contribution is 7.99. The van der Waals surface area contributed by atoms with Crippen molar-refractivity contribution < 1.29 is 9.53 Å². The van der Waals surface area contributed by atoms with Crippen LogP contribution in [0.4, 0.5) is 0 Å². The molecule has 0 aliphatic carbocycles. The predicted octanol–water partition coefficient (Wildman–Crippen LogP) is 3.44. The number of benzene rings is 1. The standard InChI is InChI=1S/C20H22N4O2S2/c25-18(21-12-16-8-4-10-26-16)14-28-20-23-22-19(17-9-5-11-27-17)24(20)13-15-6-2-1-3-7-15/h1-3,5-7,9,11,16H,4,8,10,12-14H2,(H,21,25). The molecule has 3 aromatic rings. The van der Waals surface area contributed by atoms with E-state index in [1.807, 2.05) is 35.7 Å². The van der Waals surface area contributed by atoms with Gasteiger partial charge in [-0.05, 0) is 29.9 Å². The molecule has 1 fully saturated rings. The summed E-state index contributed by atoms with van der Waals surface area (Å²) < 4.78 is 7.63. The Morgan fingerprint density at radius 1 is 1.25 bits per heavy atom. The van der Waals surface area contributed by atoms with Crippen LogP contribution >= 0.6 is 23.1 Å². The maximum Gasteiger partial charge on any atom is 0.230 e. The topological polar surface area (TPSA) is 69.0 Å². The summed E-state index contributed by atoms with van der Waals surface area (Å²) in [5, 5.41) is 14.5. The molecular weight excluding hydrogens is 392 g/mol. The van der Waals surface area contributed by atoms with Gasteiger partial charge in [-0.1, -0.05) is 48.2 Å². The number of hydrogen-bond acceptors (Lipinski definition) is 6. The summed E-state index contributed by atoms with van der Waals surface area (Å²) in [5.41, 5.74) is 1.17. The van der Waals surface area contributed by atoms with Gasteiger partial charge in [-0.3, -0.25) is 9.36 Å². The number of thioether (sulfide) groups is 1. The van der Waals surface area contributed by atoms with Gasteiger partial charge in [0.1, 0.15) is 0 Å². The Morgan fingerprint density at radius 3 is 2.89 bits per heavy atom. The lowest BCUT2D eigenvalue weighted by Crippen LogP contribution is -2.32. The van der Waals surface area contributed by atoms with Gasteiger partial charge in [-0.2, -0.15) is 0 Å². The summed E-state index contributed by atoms with van der Waals surface area (Å²) in [7, 11) is 0. The first kappa shape index (κ1) is 19.2. The molecule has 146 valence electrons. The molecule has 4 rings (SSSR count). The number of aromatic nitrogens is 3. The van der Waals surface area contributed by atoms with E-state index in [0.717, 1.165) is 35.3 Å². The first-order valence-electron chi connectivity index (χ1n) is 9.31. The van der Waals surface area contributed by atoms with Crippen LogP contribution in [0.25, 0.3) is 10.7 Å². The van der Waals surface area contributed by atoms with Crippen molar-refractivity contribution in [3.63, 3.8) is 0 Å². The largest absolute Gasteiger partial charge is 0.376 e. The summed E-state index contributed by atoms with van der Waals surface area (Å²) >= 11 is 3.05. The first-order chi connectivity index (χ1) is 13.8. The van der Waals surface area contributed by atoms with Gasteiger partial charge in [0.05, 0.1) is 23.3 Å². The summed E-state index contributed by atoms with van der Waals surface area (Å²) in [6.07, 6.45) is 2.24. The summed E-state index contributed by atoms with van der Waals surface area (Å²) in [5.74, 6) is 1.14. The summed E-state index contributed by atoms with van der Waals surface area (Å²) in [6, 6.07) is 14.3. The van der Waals surface area contributed by atoms with Crippen molar-refractivity contribution in [1.29, 1.82) is 0 Å². The van der Waals surface area contributed by atoms with E-state index in [4.69, 9.17) is 4.74 Å². The van der Waals surface area contributed by atoms with Gasteiger partial charge in [-0.25, -0.2) is 0 Å². The van der Waals surface area contributed by atoms with E-state index in [1.54, 1.807) is 11.3 Å². The fraction of sp³-hybridized carbons (Fsp3) is 0.350. The molecule has 28 heavy (non-hydrogen) atoms. The molecule has 1 aliphatic heterocycles. The Balaban J connectivity index is 1.44. The molecule has 0 saturated carbocycles. The van der Waals surface area contributed by atoms with E-state index in [1.165, 1.54) is 17.3 Å². The Kier molecular flexibility index (Phi) is 6.41. The van der Waals surface area contributed by atoms with Gasteiger partial charge in [0.2, 0.25) is 5.91 Å². The number of nitrogens with zero attached hydrogens (tertiary/aromatic N) is 3. The zero-order valence-corrected chi connectivity index (χ0v) is 17.0. The first-order valence-corrected chi connectivity index (χ1v) is 11.2. The molecule has 0 spiro atoms. The van der Waals surface area contributed by atoms with Crippen molar-refractivity contribution in [2.75, 3.05) is 18.9 Å². The van der Waals surface area contributed by atoms with Gasteiger partial charge in [0.15, 0.2) is 11.0 Å². The van der Waals surface area contributed by atoms with Crippen LogP contribution in [0.2, 0.25) is 0 Å². The second-order valence-electron chi connectivity index (χ2n) is 6.58. The van der Waals surface area contributed by atoms with Crippen LogP contribution in [-0.4, -0.2) is 45.7 Å². The molecule has 8 heteroatoms. The van der Waals surface area contributed by atoms with Gasteiger partial charge in [0.25, 0.3) is 0 Å². The number of hydrogen-bond donors (Lipinski definition) is 1. The lowest BCUT2D eigenvalue weighted by molar-refractivity contribution is -0.119. The smallest absolute Gasteiger partial charge is 0.230 e. The van der Waals surface area contributed by atoms with Gasteiger partial charge in [-0.15, -0.1) is 21.5 Å². The van der Waals surface area contributed by atoms with Gasteiger partial charge < -0.3 is 10.1 Å². The number of amides is 1. The van der Waals surface area contributed by atoms with Gasteiger partial charge in [0, 0.05) is 13.2 Å². The lowest BCUT2D eigenvalue weighted by Gasteiger charge is -2.11. The molecule has 1 atom stereocenters. The molecule has 1 aromatic carbocycles. The van der Waals surface area contributed by atoms with E-state index in [0.29, 0.717) is 18.8 Å². The van der Waals surface area contributed by atoms with Crippen LogP contribution in [0.3, 0.4) is 0 Å². The molecule has 1 aliphatic rings. The van der Waals surface area contributed by atoms with Crippen molar-refractivity contribution in [3.8, 4) is 10.7 Å². The summed E-state index contributed by atoms with van der Waals surface area (Å²) in [6.45, 7) is 2.04. The molecular formula is C20H22N4O2S2. The second-order valence-corrected chi connectivity index (χ2v) is 8.47. The quantitative estimate of drug-likeness (QED) is 0.572. The van der Waals surface area contributed by atoms with Crippen molar-refractivity contribution in [1.82, 2.24) is 20.1 Å². The van der Waals surface area contributed by atoms with Gasteiger partial charge >= 0.3 is 0 Å². The molecule has 2 aromatic heterocycles. The molecule has 6 nitrogen and oxygen atoms in total. The third-order valence-corrected chi connectivity index (χ3v) is 6.36. The maximum absolute atomic E-state index is 12.2. The van der Waals surface area contributed by atoms with Crippen LogP contribution in [0.5, 0.6) is 0 Å². The van der Waals surface area contributed by atoms with E-state index in [9.17, 15) is 4.79 Å². The van der Waals surface area contributed by atoms with Crippen LogP contribution in [0.1, 0.15) is 18.4 Å². The minimum Gasteiger partial charge on any atom is -0.376 e. The molecule has 1 N–H and O–H groups in total. The fourth-order valence-electron chi connectivity index (χ4n) is 3.11.